The maximum absolute atomic E-state index is 13.5. The van der Waals surface area contributed by atoms with E-state index in [2.05, 4.69) is 16.0 Å². The van der Waals surface area contributed by atoms with Crippen LogP contribution >= 0.6 is 12.2 Å². The van der Waals surface area contributed by atoms with Crippen molar-refractivity contribution < 1.29 is 152 Å². The number of thiocarbonyl (C=S) groups is 1. The molecule has 113 heavy (non-hydrogen) atoms. The minimum atomic E-state index is -1.95. The number of aliphatic hydroxyl groups excluding tert-OH is 13. The number of rotatable bonds is 40. The third kappa shape index (κ3) is 29.8. The third-order valence-electron chi connectivity index (χ3n) is 19.9. The van der Waals surface area contributed by atoms with Gasteiger partial charge in [-0.3, -0.25) is 48.4 Å². The first-order chi connectivity index (χ1) is 53.3. The van der Waals surface area contributed by atoms with Crippen molar-refractivity contribution in [1.29, 1.82) is 0 Å². The van der Waals surface area contributed by atoms with Gasteiger partial charge in [-0.15, -0.1) is 0 Å². The monoisotopic (exact) mass is 1840 g/mol. The first kappa shape index (κ1) is 97.5. The van der Waals surface area contributed by atoms with Crippen molar-refractivity contribution in [1.82, 2.24) is 35.6 Å². The van der Waals surface area contributed by atoms with Gasteiger partial charge in [0, 0.05) is 104 Å². The van der Waals surface area contributed by atoms with E-state index < -0.39 is 234 Å². The molecule has 2 radical (unpaired) electrons. The Bertz CT molecular complexity index is 3080. The van der Waals surface area contributed by atoms with Gasteiger partial charge in [-0.05, 0) is 37.8 Å². The second-order valence-corrected chi connectivity index (χ2v) is 28.9. The van der Waals surface area contributed by atoms with E-state index in [0.29, 0.717) is 44.1 Å². The van der Waals surface area contributed by atoms with E-state index in [0.717, 1.165) is 11.1 Å². The van der Waals surface area contributed by atoms with Crippen molar-refractivity contribution in [2.75, 3.05) is 158 Å². The summed E-state index contributed by atoms with van der Waals surface area (Å²) in [4.78, 5) is 82.9. The van der Waals surface area contributed by atoms with Gasteiger partial charge >= 0.3 is 27.3 Å². The molecule has 5 heterocycles. The molecule has 26 atom stereocenters. The molecule has 26 N–H and O–H groups in total. The number of carbonyl (C=O) groups is 6. The summed E-state index contributed by atoms with van der Waals surface area (Å²) in [6.45, 7) is 1.15. The van der Waals surface area contributed by atoms with E-state index >= 15 is 0 Å². The first-order valence-corrected chi connectivity index (χ1v) is 37.7. The van der Waals surface area contributed by atoms with Crippen LogP contribution < -0.4 is 44.6 Å². The molecule has 45 heteroatoms. The second kappa shape index (κ2) is 48.6. The number of hydrogen-bond donors (Lipinski definition) is 21. The average molecular weight is 1840 g/mol. The molecule has 26 unspecified atom stereocenters. The van der Waals surface area contributed by atoms with Crippen LogP contribution in [0.5, 0.6) is 0 Å². The Morgan fingerprint density at radius 2 is 0.867 bits per heavy atom. The van der Waals surface area contributed by atoms with Crippen LogP contribution in [-0.2, 0) is 98.5 Å². The number of primary amides is 4. The molecule has 1 aromatic rings. The minimum absolute atomic E-state index is 0. The summed E-state index contributed by atoms with van der Waals surface area (Å²) in [6, 6.07) is 7.08. The number of nitrogens with one attached hydrogen (secondary N) is 3. The zero-order valence-electron chi connectivity index (χ0n) is 63.4. The Balaban J connectivity index is 0.0000199. The molecular formula is C68H118N12O31PbS. The van der Waals surface area contributed by atoms with Crippen molar-refractivity contribution in [2.24, 2.45) is 34.6 Å². The van der Waals surface area contributed by atoms with Crippen molar-refractivity contribution in [3.63, 3.8) is 0 Å². The average Bonchev–Trinajstić information content (AvgIpc) is 0.792. The Morgan fingerprint density at radius 3 is 1.37 bits per heavy atom. The molecule has 0 spiro atoms. The number of nitrogens with zero attached hydrogens (tertiary/aromatic N) is 4. The number of nitrogens with two attached hydrogens (primary N) is 5. The molecule has 0 bridgehead atoms. The molecule has 6 fully saturated rings. The van der Waals surface area contributed by atoms with Gasteiger partial charge < -0.3 is 168 Å². The van der Waals surface area contributed by atoms with Gasteiger partial charge in [0.05, 0.1) is 76.4 Å². The molecule has 5 saturated heterocycles. The number of aliphatic hydroxyl groups is 13. The fraction of sp³-hybridized carbons (Fsp3) is 0.809. The molecular weight excluding hydrogens is 1720 g/mol. The molecule has 1 saturated carbocycles. The van der Waals surface area contributed by atoms with Crippen molar-refractivity contribution in [3.8, 4) is 0 Å². The van der Waals surface area contributed by atoms with Crippen molar-refractivity contribution >= 4 is 79.9 Å². The molecule has 0 aromatic heterocycles. The van der Waals surface area contributed by atoms with Crippen LogP contribution in [0.1, 0.15) is 31.4 Å². The van der Waals surface area contributed by atoms with E-state index in [4.69, 9.17) is 97.7 Å². The predicted molar refractivity (Wildman–Crippen MR) is 396 cm³/mol. The van der Waals surface area contributed by atoms with Crippen molar-refractivity contribution in [2.45, 2.75) is 186 Å². The summed E-state index contributed by atoms with van der Waals surface area (Å²) in [5, 5.41) is 152. The summed E-state index contributed by atoms with van der Waals surface area (Å²) in [6.07, 6.45) is -40.3. The fourth-order valence-electron chi connectivity index (χ4n) is 13.8. The molecule has 6 amide bonds. The standard InChI is InChI=1S/C68H116N12O31S.Pb.2H/c1-3-100-28-39-52(89)57(94)62(99)66(108-39)106-30-42-55(92)60(97)63(104-33-48(86)75-11-12-76-49(112)20-35-7-5-34(6-8-35)19-37-22-79(25-45(72)83)16-15-77(23-43(70)81)13-14-78(24-44(71)82)17-18-80(37)26-46(73)84)67(111-42)105-27-36-21-38(51(88)56(93)50(36)87)102-29-40-54(91)59(96)64(103-32-47(85)74-10-9-69)68(110-40)107-31-41-53(90)58(95)61(98)65(109-41)101-4-2;;;/h5-8,36-42,50-68,87-99H,3-4,9-33,69H2,1-2H3,(H2,70,81)(H2,71,82)(H2,72,83)(H2,73,84)(H,74,85)(H,75,86)(H,76,112);;;. The SMILES string of the molecule is CCOCC1OC(OCC2OC(OCC3CC(OCC4OC(OCC5OC(OCC)C(O)C(O)C5O)C(OCC(=O)NCCN)C(O)C4O)C(O)C(O)C3O)C(OCC(=O)NCCNC(=S)Cc3ccc(CC4CN(CC(N)=O)CCN(CC(N)=O)CCN(CC(N)=O)CCN4CC(N)=O)cc3)C(O)C2O)C(O)C(O)C1O.[PbH2]. The Morgan fingerprint density at radius 1 is 0.451 bits per heavy atom. The van der Waals surface area contributed by atoms with E-state index in [1.54, 1.807) is 13.8 Å². The number of ether oxygens (including phenoxy) is 12. The van der Waals surface area contributed by atoms with Gasteiger partial charge in [0.15, 0.2) is 25.2 Å². The molecule has 43 nitrogen and oxygen atoms in total. The van der Waals surface area contributed by atoms with Crippen LogP contribution in [0.15, 0.2) is 24.3 Å². The quantitative estimate of drug-likeness (QED) is 0.0165. The molecule has 1 aromatic carbocycles. The van der Waals surface area contributed by atoms with Gasteiger partial charge in [-0.1, -0.05) is 36.5 Å². The van der Waals surface area contributed by atoms with E-state index in [9.17, 15) is 95.2 Å². The number of amides is 6. The zero-order chi connectivity index (χ0) is 82.0. The third-order valence-corrected chi connectivity index (χ3v) is 20.2. The summed E-state index contributed by atoms with van der Waals surface area (Å²) >= 11 is 5.66. The Labute approximate surface area is 678 Å². The normalized spacial score (nSPS) is 34.7. The van der Waals surface area contributed by atoms with Gasteiger partial charge in [0.2, 0.25) is 35.4 Å². The Hall–Kier alpha value is -4.35. The van der Waals surface area contributed by atoms with Crippen LogP contribution in [0.3, 0.4) is 0 Å². The first-order valence-electron chi connectivity index (χ1n) is 37.3. The molecule has 7 rings (SSSR count). The van der Waals surface area contributed by atoms with Crippen LogP contribution in [0.25, 0.3) is 0 Å². The van der Waals surface area contributed by atoms with Crippen LogP contribution in [0.2, 0.25) is 0 Å². The van der Waals surface area contributed by atoms with Gasteiger partial charge in [-0.2, -0.15) is 0 Å². The van der Waals surface area contributed by atoms with Crippen LogP contribution in [0, 0.1) is 5.92 Å². The van der Waals surface area contributed by atoms with E-state index in [1.807, 2.05) is 43.9 Å². The molecule has 1 aliphatic carbocycles. The Kier molecular flexibility index (Phi) is 42.0. The molecule has 5 aliphatic heterocycles. The van der Waals surface area contributed by atoms with E-state index in [-0.39, 0.29) is 125 Å². The van der Waals surface area contributed by atoms with Crippen LogP contribution in [0.4, 0.5) is 0 Å². The molecule has 646 valence electrons. The van der Waals surface area contributed by atoms with Gasteiger partial charge in [0.1, 0.15) is 123 Å². The molecule has 6 aliphatic rings. The summed E-state index contributed by atoms with van der Waals surface area (Å²) < 4.78 is 69.6. The summed E-state index contributed by atoms with van der Waals surface area (Å²) in [7, 11) is 0. The fourth-order valence-corrected chi connectivity index (χ4v) is 14.0. The zero-order valence-corrected chi connectivity index (χ0v) is 69.7. The van der Waals surface area contributed by atoms with E-state index in [1.165, 1.54) is 0 Å². The number of hydrogen-bond acceptors (Lipinski definition) is 37. The maximum atomic E-state index is 13.5. The topological polar surface area (TPSA) is 655 Å². The number of benzene rings is 1. The second-order valence-electron chi connectivity index (χ2n) is 28.4. The summed E-state index contributed by atoms with van der Waals surface area (Å²) in [5.74, 6) is -4.92. The van der Waals surface area contributed by atoms with Gasteiger partial charge in [-0.25, -0.2) is 0 Å². The van der Waals surface area contributed by atoms with Crippen molar-refractivity contribution in [3.05, 3.63) is 35.4 Å². The summed E-state index contributed by atoms with van der Waals surface area (Å²) in [5.41, 5.74) is 29.8. The predicted octanol–water partition coefficient (Wildman–Crippen LogP) is -14.6. The van der Waals surface area contributed by atoms with Crippen LogP contribution in [-0.4, -0.2) is 465 Å². The number of carbonyl (C=O) groups excluding carboxylic acids is 6. The van der Waals surface area contributed by atoms with Gasteiger partial charge in [0.25, 0.3) is 0 Å².